The monoisotopic (exact) mass is 359 g/mol. The molecule has 0 saturated heterocycles. The minimum atomic E-state index is -3.74. The Morgan fingerprint density at radius 2 is 1.83 bits per heavy atom. The predicted molar refractivity (Wildman–Crippen MR) is 92.0 cm³/mol. The molecule has 23 heavy (non-hydrogen) atoms. The summed E-state index contributed by atoms with van der Waals surface area (Å²) < 4.78 is 29.0. The number of benzene rings is 1. The van der Waals surface area contributed by atoms with E-state index in [1.54, 1.807) is 27.2 Å². The van der Waals surface area contributed by atoms with Crippen molar-refractivity contribution >= 4 is 33.4 Å². The quantitative estimate of drug-likeness (QED) is 0.878. The smallest absolute Gasteiger partial charge is 0.301 e. The number of halogens is 1. The molecule has 0 radical (unpaired) electrons. The van der Waals surface area contributed by atoms with Crippen LogP contribution in [0.5, 0.6) is 0 Å². The number of carbonyl (C=O) groups excluding carboxylic acids is 1. The second-order valence-corrected chi connectivity index (χ2v) is 8.12. The Morgan fingerprint density at radius 1 is 1.22 bits per heavy atom. The second-order valence-electron chi connectivity index (χ2n) is 5.95. The molecule has 1 fully saturated rings. The van der Waals surface area contributed by atoms with Gasteiger partial charge in [0.2, 0.25) is 0 Å². The first-order chi connectivity index (χ1) is 10.7. The van der Waals surface area contributed by atoms with Crippen LogP contribution in [0.15, 0.2) is 18.2 Å². The van der Waals surface area contributed by atoms with E-state index in [1.807, 2.05) is 0 Å². The van der Waals surface area contributed by atoms with Crippen molar-refractivity contribution in [1.29, 1.82) is 0 Å². The average molecular weight is 360 g/mol. The lowest BCUT2D eigenvalue weighted by Crippen LogP contribution is -2.39. The van der Waals surface area contributed by atoms with Gasteiger partial charge in [0.15, 0.2) is 0 Å². The van der Waals surface area contributed by atoms with E-state index in [0.717, 1.165) is 25.7 Å². The number of anilines is 1. The third-order valence-electron chi connectivity index (χ3n) is 4.08. The van der Waals surface area contributed by atoms with Gasteiger partial charge in [-0.1, -0.05) is 24.4 Å². The van der Waals surface area contributed by atoms with Gasteiger partial charge in [-0.05, 0) is 31.0 Å². The van der Waals surface area contributed by atoms with Gasteiger partial charge in [0.1, 0.15) is 0 Å². The lowest BCUT2D eigenvalue weighted by atomic mass is 10.1. The van der Waals surface area contributed by atoms with Crippen LogP contribution in [0.1, 0.15) is 36.0 Å². The summed E-state index contributed by atoms with van der Waals surface area (Å²) in [6, 6.07) is 4.55. The van der Waals surface area contributed by atoms with Crippen molar-refractivity contribution < 1.29 is 13.2 Å². The molecule has 0 aliphatic heterocycles. The molecule has 0 aromatic heterocycles. The van der Waals surface area contributed by atoms with E-state index < -0.39 is 10.2 Å². The molecule has 6 nitrogen and oxygen atoms in total. The van der Waals surface area contributed by atoms with E-state index in [0.29, 0.717) is 5.02 Å². The van der Waals surface area contributed by atoms with E-state index in [4.69, 9.17) is 11.6 Å². The third-order valence-corrected chi connectivity index (χ3v) is 5.84. The molecule has 0 bridgehead atoms. The maximum Gasteiger partial charge on any atom is 0.301 e. The van der Waals surface area contributed by atoms with E-state index in [1.165, 1.54) is 21.3 Å². The van der Waals surface area contributed by atoms with Crippen LogP contribution < -0.4 is 4.72 Å². The number of hydrogen-bond acceptors (Lipinski definition) is 3. The van der Waals surface area contributed by atoms with Gasteiger partial charge in [-0.2, -0.15) is 12.7 Å². The minimum Gasteiger partial charge on any atom is -0.345 e. The van der Waals surface area contributed by atoms with Gasteiger partial charge in [0.05, 0.1) is 11.3 Å². The zero-order chi connectivity index (χ0) is 17.2. The molecule has 2 rings (SSSR count). The molecular weight excluding hydrogens is 338 g/mol. The van der Waals surface area contributed by atoms with Gasteiger partial charge in [-0.25, -0.2) is 0 Å². The van der Waals surface area contributed by atoms with E-state index >= 15 is 0 Å². The molecule has 1 aliphatic rings. The van der Waals surface area contributed by atoms with Gasteiger partial charge in [0, 0.05) is 32.2 Å². The van der Waals surface area contributed by atoms with Crippen LogP contribution in [-0.2, 0) is 10.2 Å². The lowest BCUT2D eigenvalue weighted by Gasteiger charge is -2.25. The first-order valence-corrected chi connectivity index (χ1v) is 9.31. The van der Waals surface area contributed by atoms with Gasteiger partial charge in [-0.15, -0.1) is 0 Å². The Kier molecular flexibility index (Phi) is 5.54. The van der Waals surface area contributed by atoms with E-state index in [9.17, 15) is 13.2 Å². The van der Waals surface area contributed by atoms with E-state index in [-0.39, 0.29) is 23.2 Å². The van der Waals surface area contributed by atoms with Crippen LogP contribution in [0.25, 0.3) is 0 Å². The molecule has 1 N–H and O–H groups in total. The van der Waals surface area contributed by atoms with Crippen molar-refractivity contribution in [3.05, 3.63) is 28.8 Å². The highest BCUT2D eigenvalue weighted by Gasteiger charge is 2.29. The molecule has 0 unspecified atom stereocenters. The van der Waals surface area contributed by atoms with E-state index in [2.05, 4.69) is 4.72 Å². The second kappa shape index (κ2) is 7.07. The number of nitrogens with zero attached hydrogens (tertiary/aromatic N) is 2. The van der Waals surface area contributed by atoms with Crippen molar-refractivity contribution in [1.82, 2.24) is 9.21 Å². The van der Waals surface area contributed by atoms with Crippen LogP contribution in [0.3, 0.4) is 0 Å². The maximum absolute atomic E-state index is 12.6. The summed E-state index contributed by atoms with van der Waals surface area (Å²) in [6.45, 7) is 0. The normalized spacial score (nSPS) is 15.9. The largest absolute Gasteiger partial charge is 0.345 e. The van der Waals surface area contributed by atoms with Gasteiger partial charge < -0.3 is 4.90 Å². The number of amides is 1. The zero-order valence-corrected chi connectivity index (χ0v) is 15.1. The highest BCUT2D eigenvalue weighted by molar-refractivity contribution is 7.90. The van der Waals surface area contributed by atoms with Crippen molar-refractivity contribution in [2.24, 2.45) is 0 Å². The highest BCUT2D eigenvalue weighted by Crippen LogP contribution is 2.27. The summed E-state index contributed by atoms with van der Waals surface area (Å²) in [6.07, 6.45) is 3.78. The Hall–Kier alpha value is -1.31. The molecule has 1 amide bonds. The summed E-state index contributed by atoms with van der Waals surface area (Å²) in [5.74, 6) is -0.289. The minimum absolute atomic E-state index is 0.000292. The van der Waals surface area contributed by atoms with Crippen molar-refractivity contribution in [3.8, 4) is 0 Å². The molecule has 128 valence electrons. The summed E-state index contributed by atoms with van der Waals surface area (Å²) in [7, 11) is 1.05. The third kappa shape index (κ3) is 4.16. The van der Waals surface area contributed by atoms with Gasteiger partial charge >= 0.3 is 10.2 Å². The maximum atomic E-state index is 12.6. The summed E-state index contributed by atoms with van der Waals surface area (Å²) in [5, 5.41) is 0.363. The fourth-order valence-electron chi connectivity index (χ4n) is 2.70. The first-order valence-electron chi connectivity index (χ1n) is 7.49. The van der Waals surface area contributed by atoms with Crippen LogP contribution in [-0.4, -0.2) is 50.7 Å². The molecule has 1 saturated carbocycles. The molecule has 8 heteroatoms. The van der Waals surface area contributed by atoms with Crippen molar-refractivity contribution in [2.45, 2.75) is 31.7 Å². The van der Waals surface area contributed by atoms with Crippen molar-refractivity contribution in [2.75, 3.05) is 25.9 Å². The predicted octanol–water partition coefficient (Wildman–Crippen LogP) is 2.57. The topological polar surface area (TPSA) is 69.7 Å². The molecular formula is C15H22ClN3O3S. The standard InChI is InChI=1S/C15H22ClN3O3S/c1-18(2)15(20)13-9-8-11(16)10-14(13)17-23(21,22)19(3)12-6-4-5-7-12/h8-10,12,17H,4-7H2,1-3H3. The Labute approximate surface area is 142 Å². The fourth-order valence-corrected chi connectivity index (χ4v) is 4.07. The zero-order valence-electron chi connectivity index (χ0n) is 13.5. The number of rotatable bonds is 5. The highest BCUT2D eigenvalue weighted by atomic mass is 35.5. The lowest BCUT2D eigenvalue weighted by molar-refractivity contribution is 0.0828. The average Bonchev–Trinajstić information content (AvgIpc) is 2.99. The molecule has 0 spiro atoms. The molecule has 1 aromatic carbocycles. The van der Waals surface area contributed by atoms with Gasteiger partial charge in [0.25, 0.3) is 5.91 Å². The number of nitrogens with one attached hydrogen (secondary N) is 1. The van der Waals surface area contributed by atoms with Crippen molar-refractivity contribution in [3.63, 3.8) is 0 Å². The summed E-state index contributed by atoms with van der Waals surface area (Å²) in [5.41, 5.74) is 0.462. The Bertz CT molecular complexity index is 685. The van der Waals surface area contributed by atoms with Crippen LogP contribution in [0, 0.1) is 0 Å². The summed E-state index contributed by atoms with van der Waals surface area (Å²) >= 11 is 5.96. The van der Waals surface area contributed by atoms with Crippen LogP contribution >= 0.6 is 11.6 Å². The van der Waals surface area contributed by atoms with Gasteiger partial charge in [-0.3, -0.25) is 9.52 Å². The molecule has 0 atom stereocenters. The molecule has 1 aliphatic carbocycles. The SMILES string of the molecule is CN(C)C(=O)c1ccc(Cl)cc1NS(=O)(=O)N(C)C1CCCC1. The number of hydrogen-bond donors (Lipinski definition) is 1. The molecule has 1 aromatic rings. The molecule has 0 heterocycles. The Morgan fingerprint density at radius 3 is 2.39 bits per heavy atom. The number of carbonyl (C=O) groups is 1. The summed E-state index contributed by atoms with van der Waals surface area (Å²) in [4.78, 5) is 13.6. The Balaban J connectivity index is 2.31. The van der Waals surface area contributed by atoms with Crippen LogP contribution in [0.4, 0.5) is 5.69 Å². The van der Waals surface area contributed by atoms with Crippen LogP contribution in [0.2, 0.25) is 5.02 Å². The first kappa shape index (κ1) is 18.0. The fraction of sp³-hybridized carbons (Fsp3) is 0.533.